The van der Waals surface area contributed by atoms with Crippen LogP contribution in [0.25, 0.3) is 0 Å². The molecule has 0 amide bonds. The van der Waals surface area contributed by atoms with Gasteiger partial charge in [-0.1, -0.05) is 45.1 Å². The second kappa shape index (κ2) is 8.87. The highest BCUT2D eigenvalue weighted by molar-refractivity contribution is 4.82. The minimum atomic E-state index is 0.519. The molecule has 0 aliphatic heterocycles. The lowest BCUT2D eigenvalue weighted by Gasteiger charge is -2.37. The first kappa shape index (κ1) is 16.1. The Morgan fingerprint density at radius 2 is 1.55 bits per heavy atom. The third kappa shape index (κ3) is 4.91. The highest BCUT2D eigenvalue weighted by Crippen LogP contribution is 2.41. The third-order valence-corrected chi connectivity index (χ3v) is 5.69. The van der Waals surface area contributed by atoms with Crippen LogP contribution < -0.4 is 0 Å². The summed E-state index contributed by atoms with van der Waals surface area (Å²) < 4.78 is 5.81. The summed E-state index contributed by atoms with van der Waals surface area (Å²) in [7, 11) is 0. The monoisotopic (exact) mass is 278 g/mol. The molecular formula is C19H34O. The summed E-state index contributed by atoms with van der Waals surface area (Å²) >= 11 is 0. The maximum Gasteiger partial charge on any atom is 0.0648 e. The summed E-state index contributed by atoms with van der Waals surface area (Å²) in [6.07, 6.45) is 18.1. The summed E-state index contributed by atoms with van der Waals surface area (Å²) in [5.74, 6) is 3.09. The summed E-state index contributed by atoms with van der Waals surface area (Å²) in [6, 6.07) is 0. The number of rotatable bonds is 7. The molecule has 116 valence electrons. The van der Waals surface area contributed by atoms with Gasteiger partial charge in [-0.2, -0.15) is 0 Å². The molecule has 0 bridgehead atoms. The van der Waals surface area contributed by atoms with Crippen molar-refractivity contribution in [1.82, 2.24) is 0 Å². The molecule has 0 aromatic carbocycles. The third-order valence-electron chi connectivity index (χ3n) is 5.69. The van der Waals surface area contributed by atoms with Gasteiger partial charge in [0.15, 0.2) is 0 Å². The van der Waals surface area contributed by atoms with Crippen LogP contribution in [-0.4, -0.2) is 12.7 Å². The molecule has 2 saturated carbocycles. The minimum Gasteiger partial charge on any atom is -0.374 e. The van der Waals surface area contributed by atoms with E-state index in [-0.39, 0.29) is 0 Å². The molecular weight excluding hydrogens is 244 g/mol. The number of unbranched alkanes of at least 4 members (excludes halogenated alkanes) is 1. The smallest absolute Gasteiger partial charge is 0.0648 e. The van der Waals surface area contributed by atoms with Crippen molar-refractivity contribution in [2.45, 2.75) is 83.7 Å². The lowest BCUT2D eigenvalue weighted by Crippen LogP contribution is -2.28. The Balaban J connectivity index is 1.64. The predicted octanol–water partition coefficient (Wildman–Crippen LogP) is 5.74. The van der Waals surface area contributed by atoms with E-state index in [1.807, 2.05) is 6.08 Å². The van der Waals surface area contributed by atoms with Crippen molar-refractivity contribution in [3.63, 3.8) is 0 Å². The SMILES string of the molecule is C=CCOC1CCC(C2CCC(CCCC)CC2)CC1. The first-order valence-corrected chi connectivity index (χ1v) is 9.06. The van der Waals surface area contributed by atoms with Crippen LogP contribution in [0.4, 0.5) is 0 Å². The van der Waals surface area contributed by atoms with Crippen molar-refractivity contribution in [2.75, 3.05) is 6.61 Å². The van der Waals surface area contributed by atoms with E-state index in [9.17, 15) is 0 Å². The fourth-order valence-electron chi connectivity index (χ4n) is 4.37. The standard InChI is InChI=1S/C19H34O/c1-3-5-6-16-7-9-17(10-8-16)18-11-13-19(14-12-18)20-15-4-2/h4,16-19H,2-3,5-15H2,1H3. The first-order chi connectivity index (χ1) is 9.83. The van der Waals surface area contributed by atoms with Gasteiger partial charge in [-0.3, -0.25) is 0 Å². The fourth-order valence-corrected chi connectivity index (χ4v) is 4.37. The van der Waals surface area contributed by atoms with Crippen molar-refractivity contribution in [3.8, 4) is 0 Å². The highest BCUT2D eigenvalue weighted by Gasteiger charge is 2.30. The molecule has 0 saturated heterocycles. The molecule has 0 radical (unpaired) electrons. The van der Waals surface area contributed by atoms with Crippen LogP contribution >= 0.6 is 0 Å². The van der Waals surface area contributed by atoms with Crippen LogP contribution in [0.15, 0.2) is 12.7 Å². The molecule has 2 fully saturated rings. The lowest BCUT2D eigenvalue weighted by atomic mass is 9.70. The van der Waals surface area contributed by atoms with Crippen molar-refractivity contribution in [3.05, 3.63) is 12.7 Å². The Bertz CT molecular complexity index is 257. The van der Waals surface area contributed by atoms with Gasteiger partial charge < -0.3 is 4.74 Å². The van der Waals surface area contributed by atoms with Gasteiger partial charge in [0.05, 0.1) is 12.7 Å². The van der Waals surface area contributed by atoms with Crippen LogP contribution in [-0.2, 0) is 4.74 Å². The largest absolute Gasteiger partial charge is 0.374 e. The van der Waals surface area contributed by atoms with Gasteiger partial charge in [-0.05, 0) is 56.3 Å². The van der Waals surface area contributed by atoms with Gasteiger partial charge in [0.2, 0.25) is 0 Å². The Hall–Kier alpha value is -0.300. The molecule has 0 N–H and O–H groups in total. The van der Waals surface area contributed by atoms with E-state index in [2.05, 4.69) is 13.5 Å². The second-order valence-corrected chi connectivity index (χ2v) is 7.08. The van der Waals surface area contributed by atoms with Gasteiger partial charge in [-0.15, -0.1) is 6.58 Å². The van der Waals surface area contributed by atoms with Crippen molar-refractivity contribution in [1.29, 1.82) is 0 Å². The zero-order valence-corrected chi connectivity index (χ0v) is 13.5. The summed E-state index contributed by atoms with van der Waals surface area (Å²) in [6.45, 7) is 6.79. The van der Waals surface area contributed by atoms with E-state index in [0.29, 0.717) is 6.10 Å². The summed E-state index contributed by atoms with van der Waals surface area (Å²) in [4.78, 5) is 0. The van der Waals surface area contributed by atoms with Crippen molar-refractivity contribution < 1.29 is 4.74 Å². The number of hydrogen-bond donors (Lipinski definition) is 0. The molecule has 1 nitrogen and oxygen atoms in total. The normalized spacial score (nSPS) is 34.9. The van der Waals surface area contributed by atoms with Crippen LogP contribution in [0.2, 0.25) is 0 Å². The molecule has 0 spiro atoms. The predicted molar refractivity (Wildman–Crippen MR) is 86.9 cm³/mol. The van der Waals surface area contributed by atoms with E-state index in [1.165, 1.54) is 70.6 Å². The maximum atomic E-state index is 5.81. The zero-order valence-electron chi connectivity index (χ0n) is 13.5. The van der Waals surface area contributed by atoms with Crippen LogP contribution in [0.5, 0.6) is 0 Å². The quantitative estimate of drug-likeness (QED) is 0.539. The van der Waals surface area contributed by atoms with Crippen LogP contribution in [0.1, 0.15) is 77.6 Å². The molecule has 0 heterocycles. The average molecular weight is 278 g/mol. The van der Waals surface area contributed by atoms with Gasteiger partial charge >= 0.3 is 0 Å². The molecule has 2 rings (SSSR count). The fraction of sp³-hybridized carbons (Fsp3) is 0.895. The highest BCUT2D eigenvalue weighted by atomic mass is 16.5. The molecule has 2 aliphatic carbocycles. The second-order valence-electron chi connectivity index (χ2n) is 7.08. The molecule has 0 aromatic heterocycles. The molecule has 0 atom stereocenters. The van der Waals surface area contributed by atoms with Crippen LogP contribution in [0, 0.1) is 17.8 Å². The molecule has 2 aliphatic rings. The van der Waals surface area contributed by atoms with E-state index in [1.54, 1.807) is 0 Å². The van der Waals surface area contributed by atoms with E-state index in [0.717, 1.165) is 24.4 Å². The number of ether oxygens (including phenoxy) is 1. The van der Waals surface area contributed by atoms with Gasteiger partial charge in [0, 0.05) is 0 Å². The van der Waals surface area contributed by atoms with E-state index >= 15 is 0 Å². The maximum absolute atomic E-state index is 5.81. The molecule has 0 aromatic rings. The first-order valence-electron chi connectivity index (χ1n) is 9.06. The Morgan fingerprint density at radius 1 is 0.950 bits per heavy atom. The Morgan fingerprint density at radius 3 is 2.10 bits per heavy atom. The molecule has 0 unspecified atom stereocenters. The van der Waals surface area contributed by atoms with Crippen molar-refractivity contribution in [2.24, 2.45) is 17.8 Å². The van der Waals surface area contributed by atoms with Gasteiger partial charge in [-0.25, -0.2) is 0 Å². The van der Waals surface area contributed by atoms with Crippen molar-refractivity contribution >= 4 is 0 Å². The minimum absolute atomic E-state index is 0.519. The molecule has 20 heavy (non-hydrogen) atoms. The zero-order chi connectivity index (χ0) is 14.2. The van der Waals surface area contributed by atoms with Gasteiger partial charge in [0.25, 0.3) is 0 Å². The van der Waals surface area contributed by atoms with E-state index < -0.39 is 0 Å². The Kier molecular flexibility index (Phi) is 7.13. The average Bonchev–Trinajstić information content (AvgIpc) is 2.52. The summed E-state index contributed by atoms with van der Waals surface area (Å²) in [5.41, 5.74) is 0. The topological polar surface area (TPSA) is 9.23 Å². The lowest BCUT2D eigenvalue weighted by molar-refractivity contribution is 0.0211. The van der Waals surface area contributed by atoms with Gasteiger partial charge in [0.1, 0.15) is 0 Å². The van der Waals surface area contributed by atoms with E-state index in [4.69, 9.17) is 4.74 Å². The molecule has 1 heteroatoms. The number of hydrogen-bond acceptors (Lipinski definition) is 1. The van der Waals surface area contributed by atoms with Crippen LogP contribution in [0.3, 0.4) is 0 Å². The summed E-state index contributed by atoms with van der Waals surface area (Å²) in [5, 5.41) is 0. The Labute approximate surface area is 126 Å².